The van der Waals surface area contributed by atoms with Crippen molar-refractivity contribution in [2.24, 2.45) is 0 Å². The first kappa shape index (κ1) is 8.74. The van der Waals surface area contributed by atoms with Crippen LogP contribution in [0, 0.1) is 0 Å². The van der Waals surface area contributed by atoms with Crippen LogP contribution in [0.4, 0.5) is 0 Å². The normalized spacial score (nSPS) is 13.6. The molecule has 1 heterocycles. The molecule has 0 fully saturated rings. The second kappa shape index (κ2) is 3.14. The van der Waals surface area contributed by atoms with Crippen molar-refractivity contribution in [2.45, 2.75) is 13.0 Å². The predicted octanol–water partition coefficient (Wildman–Crippen LogP) is 0.557. The Bertz CT molecular complexity index is 412. The third-order valence-corrected chi connectivity index (χ3v) is 2.25. The highest BCUT2D eigenvalue weighted by atomic mass is 16.4. The van der Waals surface area contributed by atoms with Crippen LogP contribution in [0.25, 0.3) is 0 Å². The molecule has 0 aromatic heterocycles. The van der Waals surface area contributed by atoms with E-state index < -0.39 is 5.97 Å². The van der Waals surface area contributed by atoms with Gasteiger partial charge in [0.05, 0.1) is 6.42 Å². The van der Waals surface area contributed by atoms with Gasteiger partial charge in [0.15, 0.2) is 0 Å². The van der Waals surface area contributed by atoms with Gasteiger partial charge < -0.3 is 10.4 Å². The van der Waals surface area contributed by atoms with E-state index in [4.69, 9.17) is 5.11 Å². The van der Waals surface area contributed by atoms with Gasteiger partial charge >= 0.3 is 5.97 Å². The van der Waals surface area contributed by atoms with E-state index in [0.29, 0.717) is 17.7 Å². The maximum atomic E-state index is 11.4. The zero-order valence-electron chi connectivity index (χ0n) is 7.41. The average molecular weight is 191 g/mol. The standard InChI is InChI=1S/C10H9NO3/c12-8(13)4-6-2-1-3-7-5-11-10(14)9(6)7/h1-3H,4-5H2,(H,11,14)(H,12,13). The molecule has 72 valence electrons. The van der Waals surface area contributed by atoms with Crippen molar-refractivity contribution < 1.29 is 14.7 Å². The largest absolute Gasteiger partial charge is 0.481 e. The highest BCUT2D eigenvalue weighted by Gasteiger charge is 2.22. The summed E-state index contributed by atoms with van der Waals surface area (Å²) in [5, 5.41) is 11.3. The Morgan fingerprint density at radius 1 is 1.50 bits per heavy atom. The first-order valence-electron chi connectivity index (χ1n) is 4.29. The predicted molar refractivity (Wildman–Crippen MR) is 49.0 cm³/mol. The number of fused-ring (bicyclic) bond motifs is 1. The molecule has 0 atom stereocenters. The van der Waals surface area contributed by atoms with Crippen LogP contribution in [-0.2, 0) is 17.8 Å². The van der Waals surface area contributed by atoms with Gasteiger partial charge in [-0.2, -0.15) is 0 Å². The number of hydrogen-bond acceptors (Lipinski definition) is 2. The first-order valence-corrected chi connectivity index (χ1v) is 4.29. The van der Waals surface area contributed by atoms with Crippen molar-refractivity contribution in [2.75, 3.05) is 0 Å². The number of hydrogen-bond donors (Lipinski definition) is 2. The minimum atomic E-state index is -0.918. The Balaban J connectivity index is 2.46. The summed E-state index contributed by atoms with van der Waals surface area (Å²) in [5.74, 6) is -1.09. The van der Waals surface area contributed by atoms with Gasteiger partial charge in [0.2, 0.25) is 0 Å². The molecule has 2 rings (SSSR count). The van der Waals surface area contributed by atoms with E-state index in [-0.39, 0.29) is 12.3 Å². The maximum absolute atomic E-state index is 11.4. The highest BCUT2D eigenvalue weighted by Crippen LogP contribution is 2.20. The molecule has 0 aliphatic carbocycles. The van der Waals surface area contributed by atoms with Crippen molar-refractivity contribution in [1.82, 2.24) is 5.32 Å². The summed E-state index contributed by atoms with van der Waals surface area (Å²) >= 11 is 0. The Morgan fingerprint density at radius 2 is 2.29 bits per heavy atom. The Morgan fingerprint density at radius 3 is 3.00 bits per heavy atom. The fourth-order valence-electron chi connectivity index (χ4n) is 1.67. The molecule has 4 heteroatoms. The summed E-state index contributed by atoms with van der Waals surface area (Å²) in [7, 11) is 0. The summed E-state index contributed by atoms with van der Waals surface area (Å²) in [5.41, 5.74) is 2.01. The number of carbonyl (C=O) groups is 2. The van der Waals surface area contributed by atoms with E-state index in [1.54, 1.807) is 12.1 Å². The lowest BCUT2D eigenvalue weighted by molar-refractivity contribution is -0.136. The SMILES string of the molecule is O=C(O)Cc1cccc2c1C(=O)NC2. The number of carboxylic acids is 1. The van der Waals surface area contributed by atoms with Crippen LogP contribution in [-0.4, -0.2) is 17.0 Å². The lowest BCUT2D eigenvalue weighted by Crippen LogP contribution is -2.14. The van der Waals surface area contributed by atoms with E-state index in [9.17, 15) is 9.59 Å². The summed E-state index contributed by atoms with van der Waals surface area (Å²) in [6.45, 7) is 0.502. The molecule has 14 heavy (non-hydrogen) atoms. The van der Waals surface area contributed by atoms with E-state index >= 15 is 0 Å². The number of carboxylic acid groups (broad SMARTS) is 1. The Labute approximate surface area is 80.6 Å². The number of benzene rings is 1. The van der Waals surface area contributed by atoms with Crippen molar-refractivity contribution in [3.8, 4) is 0 Å². The molecule has 0 bridgehead atoms. The molecular weight excluding hydrogens is 182 g/mol. The minimum Gasteiger partial charge on any atom is -0.481 e. The molecule has 0 saturated heterocycles. The molecule has 0 unspecified atom stereocenters. The van der Waals surface area contributed by atoms with Gasteiger partial charge in [-0.15, -0.1) is 0 Å². The molecule has 2 N–H and O–H groups in total. The second-order valence-corrected chi connectivity index (χ2v) is 3.20. The lowest BCUT2D eigenvalue weighted by atomic mass is 10.0. The third kappa shape index (κ3) is 1.35. The van der Waals surface area contributed by atoms with E-state index in [1.165, 1.54) is 0 Å². The molecular formula is C10H9NO3. The molecule has 1 amide bonds. The molecule has 4 nitrogen and oxygen atoms in total. The molecule has 1 aliphatic rings. The summed E-state index contributed by atoms with van der Waals surface area (Å²) in [6, 6.07) is 5.29. The van der Waals surface area contributed by atoms with Gasteiger partial charge in [-0.3, -0.25) is 9.59 Å². The quantitative estimate of drug-likeness (QED) is 0.717. The topological polar surface area (TPSA) is 66.4 Å². The van der Waals surface area contributed by atoms with Crippen LogP contribution in [0.1, 0.15) is 21.5 Å². The number of aliphatic carboxylic acids is 1. The van der Waals surface area contributed by atoms with Crippen molar-refractivity contribution in [3.05, 3.63) is 34.9 Å². The number of amides is 1. The van der Waals surface area contributed by atoms with Crippen molar-refractivity contribution >= 4 is 11.9 Å². The summed E-state index contributed by atoms with van der Waals surface area (Å²) in [4.78, 5) is 21.9. The smallest absolute Gasteiger partial charge is 0.307 e. The monoisotopic (exact) mass is 191 g/mol. The van der Waals surface area contributed by atoms with Crippen molar-refractivity contribution in [3.63, 3.8) is 0 Å². The highest BCUT2D eigenvalue weighted by molar-refractivity contribution is 6.00. The van der Waals surface area contributed by atoms with Gasteiger partial charge in [0.25, 0.3) is 5.91 Å². The molecule has 0 saturated carbocycles. The van der Waals surface area contributed by atoms with Crippen LogP contribution in [0.3, 0.4) is 0 Å². The minimum absolute atomic E-state index is 0.101. The van der Waals surface area contributed by atoms with Gasteiger partial charge in [-0.1, -0.05) is 18.2 Å². The zero-order valence-corrected chi connectivity index (χ0v) is 7.41. The Hall–Kier alpha value is -1.84. The maximum Gasteiger partial charge on any atom is 0.307 e. The third-order valence-electron chi connectivity index (χ3n) is 2.25. The summed E-state index contributed by atoms with van der Waals surface area (Å²) < 4.78 is 0. The van der Waals surface area contributed by atoms with Crippen LogP contribution < -0.4 is 5.32 Å². The van der Waals surface area contributed by atoms with Gasteiger partial charge in [0.1, 0.15) is 0 Å². The first-order chi connectivity index (χ1) is 6.68. The molecule has 1 aromatic rings. The van der Waals surface area contributed by atoms with Crippen LogP contribution in [0.15, 0.2) is 18.2 Å². The van der Waals surface area contributed by atoms with Crippen LogP contribution >= 0.6 is 0 Å². The average Bonchev–Trinajstić information content (AvgIpc) is 2.48. The number of carbonyl (C=O) groups excluding carboxylic acids is 1. The van der Waals surface area contributed by atoms with Crippen LogP contribution in [0.5, 0.6) is 0 Å². The number of rotatable bonds is 2. The molecule has 0 spiro atoms. The van der Waals surface area contributed by atoms with Crippen LogP contribution in [0.2, 0.25) is 0 Å². The molecule has 1 aromatic carbocycles. The zero-order chi connectivity index (χ0) is 10.1. The van der Waals surface area contributed by atoms with Gasteiger partial charge in [-0.05, 0) is 11.1 Å². The van der Waals surface area contributed by atoms with E-state index in [0.717, 1.165) is 5.56 Å². The molecule has 0 radical (unpaired) electrons. The van der Waals surface area contributed by atoms with E-state index in [2.05, 4.69) is 5.32 Å². The van der Waals surface area contributed by atoms with Crippen molar-refractivity contribution in [1.29, 1.82) is 0 Å². The summed E-state index contributed by atoms with van der Waals surface area (Å²) in [6.07, 6.45) is -0.101. The Kier molecular flexibility index (Phi) is 1.96. The van der Waals surface area contributed by atoms with Gasteiger partial charge in [0, 0.05) is 12.1 Å². The van der Waals surface area contributed by atoms with Gasteiger partial charge in [-0.25, -0.2) is 0 Å². The molecule has 1 aliphatic heterocycles. The number of nitrogens with one attached hydrogen (secondary N) is 1. The second-order valence-electron chi connectivity index (χ2n) is 3.20. The lowest BCUT2D eigenvalue weighted by Gasteiger charge is -2.02. The van der Waals surface area contributed by atoms with E-state index in [1.807, 2.05) is 6.07 Å². The fraction of sp³-hybridized carbons (Fsp3) is 0.200. The fourth-order valence-corrected chi connectivity index (χ4v) is 1.67.